The van der Waals surface area contributed by atoms with Gasteiger partial charge < -0.3 is 15.0 Å². The van der Waals surface area contributed by atoms with Crippen molar-refractivity contribution < 1.29 is 9.53 Å². The van der Waals surface area contributed by atoms with Crippen molar-refractivity contribution >= 4 is 11.7 Å². The molecule has 1 aromatic carbocycles. The summed E-state index contributed by atoms with van der Waals surface area (Å²) in [6, 6.07) is 12.4. The summed E-state index contributed by atoms with van der Waals surface area (Å²) < 4.78 is 5.54. The smallest absolute Gasteiger partial charge is 0.308 e. The maximum absolute atomic E-state index is 12.4. The zero-order valence-electron chi connectivity index (χ0n) is 15.7. The van der Waals surface area contributed by atoms with Gasteiger partial charge in [0.25, 0.3) is 0 Å². The van der Waals surface area contributed by atoms with Crippen LogP contribution in [0.15, 0.2) is 48.8 Å². The highest BCUT2D eigenvalue weighted by molar-refractivity contribution is 5.79. The molecular formula is C21H27N3O2. The number of nitrogens with one attached hydrogen (secondary N) is 1. The third kappa shape index (κ3) is 4.61. The minimum Gasteiger partial charge on any atom is -0.460 e. The fourth-order valence-electron chi connectivity index (χ4n) is 3.33. The molecule has 2 heterocycles. The van der Waals surface area contributed by atoms with Gasteiger partial charge in [0.1, 0.15) is 5.60 Å². The molecule has 5 nitrogen and oxygen atoms in total. The van der Waals surface area contributed by atoms with E-state index in [9.17, 15) is 4.79 Å². The second-order valence-corrected chi connectivity index (χ2v) is 7.60. The van der Waals surface area contributed by atoms with Gasteiger partial charge in [-0.15, -0.1) is 0 Å². The molecule has 138 valence electrons. The van der Waals surface area contributed by atoms with Gasteiger partial charge in [-0.05, 0) is 32.9 Å². The van der Waals surface area contributed by atoms with E-state index < -0.39 is 5.60 Å². The molecule has 1 saturated heterocycles. The zero-order valence-corrected chi connectivity index (χ0v) is 15.7. The van der Waals surface area contributed by atoms with Crippen LogP contribution < -0.4 is 10.2 Å². The number of para-hydroxylation sites is 1. The van der Waals surface area contributed by atoms with Crippen LogP contribution in [0.25, 0.3) is 11.1 Å². The number of hydrogen-bond acceptors (Lipinski definition) is 5. The number of hydrogen-bond donors (Lipinski definition) is 1. The van der Waals surface area contributed by atoms with E-state index in [-0.39, 0.29) is 12.0 Å². The number of pyridine rings is 1. The number of carbonyl (C=O) groups is 1. The van der Waals surface area contributed by atoms with Crippen molar-refractivity contribution in [3.63, 3.8) is 0 Å². The number of nitrogens with zero attached hydrogens (tertiary/aromatic N) is 2. The molecule has 1 fully saturated rings. The maximum Gasteiger partial charge on any atom is 0.308 e. The molecule has 2 aromatic rings. The normalized spacial score (nSPS) is 17.8. The third-order valence-electron chi connectivity index (χ3n) is 4.36. The minimum absolute atomic E-state index is 0.0661. The average molecular weight is 353 g/mol. The topological polar surface area (TPSA) is 54.5 Å². The molecule has 1 aliphatic rings. The Bertz CT molecular complexity index is 740. The number of piperazine rings is 1. The monoisotopic (exact) mass is 353 g/mol. The highest BCUT2D eigenvalue weighted by atomic mass is 16.6. The van der Waals surface area contributed by atoms with Crippen molar-refractivity contribution in [2.75, 3.05) is 24.5 Å². The Morgan fingerprint density at radius 1 is 1.27 bits per heavy atom. The first-order chi connectivity index (χ1) is 12.4. The largest absolute Gasteiger partial charge is 0.460 e. The fraction of sp³-hybridized carbons (Fsp3) is 0.429. The van der Waals surface area contributed by atoms with Crippen molar-refractivity contribution in [2.45, 2.75) is 38.8 Å². The van der Waals surface area contributed by atoms with Crippen molar-refractivity contribution in [3.05, 3.63) is 48.8 Å². The lowest BCUT2D eigenvalue weighted by Gasteiger charge is -2.39. The second-order valence-electron chi connectivity index (χ2n) is 7.60. The van der Waals surface area contributed by atoms with Gasteiger partial charge in [0, 0.05) is 48.8 Å². The Hall–Kier alpha value is -2.40. The number of ether oxygens (including phenoxy) is 1. The van der Waals surface area contributed by atoms with Crippen LogP contribution in [0.4, 0.5) is 5.69 Å². The summed E-state index contributed by atoms with van der Waals surface area (Å²) in [6.45, 7) is 8.22. The molecule has 0 saturated carbocycles. The average Bonchev–Trinajstić information content (AvgIpc) is 2.61. The maximum atomic E-state index is 12.4. The molecule has 0 spiro atoms. The Balaban J connectivity index is 1.86. The summed E-state index contributed by atoms with van der Waals surface area (Å²) in [6.07, 6.45) is 4.03. The van der Waals surface area contributed by atoms with Crippen LogP contribution in [-0.4, -0.2) is 42.2 Å². The number of anilines is 1. The van der Waals surface area contributed by atoms with Crippen molar-refractivity contribution in [2.24, 2.45) is 0 Å². The number of rotatable bonds is 4. The molecular weight excluding hydrogens is 326 g/mol. The van der Waals surface area contributed by atoms with Crippen LogP contribution in [0.1, 0.15) is 27.2 Å². The van der Waals surface area contributed by atoms with E-state index in [1.807, 2.05) is 45.2 Å². The lowest BCUT2D eigenvalue weighted by Crippen LogP contribution is -2.52. The number of benzene rings is 1. The van der Waals surface area contributed by atoms with Gasteiger partial charge in [-0.25, -0.2) is 0 Å². The second kappa shape index (κ2) is 7.87. The van der Waals surface area contributed by atoms with E-state index in [1.165, 1.54) is 0 Å². The third-order valence-corrected chi connectivity index (χ3v) is 4.36. The Morgan fingerprint density at radius 2 is 2.08 bits per heavy atom. The van der Waals surface area contributed by atoms with E-state index in [4.69, 9.17) is 4.74 Å². The molecule has 1 unspecified atom stereocenters. The summed E-state index contributed by atoms with van der Waals surface area (Å²) in [7, 11) is 0. The lowest BCUT2D eigenvalue weighted by atomic mass is 10.0. The minimum atomic E-state index is -0.461. The standard InChI is InChI=1S/C21H27N3O2/c1-21(2,3)26-20(25)13-17-15-23-11-12-24(17)19-9-5-4-8-18(19)16-7-6-10-22-14-16/h4-10,14,17,23H,11-13,15H2,1-3H3. The molecule has 1 aromatic heterocycles. The van der Waals surface area contributed by atoms with Crippen LogP contribution in [0.5, 0.6) is 0 Å². The van der Waals surface area contributed by atoms with Crippen LogP contribution in [0.3, 0.4) is 0 Å². The summed E-state index contributed by atoms with van der Waals surface area (Å²) in [5.74, 6) is -0.157. The predicted octanol–water partition coefficient (Wildman–Crippen LogP) is 3.26. The highest BCUT2D eigenvalue weighted by Crippen LogP contribution is 2.32. The van der Waals surface area contributed by atoms with Gasteiger partial charge in [0.15, 0.2) is 0 Å². The molecule has 26 heavy (non-hydrogen) atoms. The zero-order chi connectivity index (χ0) is 18.6. The molecule has 0 radical (unpaired) electrons. The van der Waals surface area contributed by atoms with Crippen molar-refractivity contribution in [1.29, 1.82) is 0 Å². The van der Waals surface area contributed by atoms with E-state index in [0.717, 1.165) is 36.4 Å². The van der Waals surface area contributed by atoms with Gasteiger partial charge in [-0.1, -0.05) is 24.3 Å². The molecule has 1 aliphatic heterocycles. The van der Waals surface area contributed by atoms with Crippen LogP contribution in [0, 0.1) is 0 Å². The predicted molar refractivity (Wildman–Crippen MR) is 104 cm³/mol. The van der Waals surface area contributed by atoms with Crippen molar-refractivity contribution in [1.82, 2.24) is 10.3 Å². The first-order valence-electron chi connectivity index (χ1n) is 9.13. The molecule has 0 aliphatic carbocycles. The molecule has 1 N–H and O–H groups in total. The van der Waals surface area contributed by atoms with Gasteiger partial charge in [-0.2, -0.15) is 0 Å². The van der Waals surface area contributed by atoms with Gasteiger partial charge >= 0.3 is 5.97 Å². The number of aromatic nitrogens is 1. The summed E-state index contributed by atoms with van der Waals surface area (Å²) in [4.78, 5) is 18.9. The number of carbonyl (C=O) groups excluding carboxylic acids is 1. The molecule has 1 atom stereocenters. The Morgan fingerprint density at radius 3 is 2.81 bits per heavy atom. The first-order valence-corrected chi connectivity index (χ1v) is 9.13. The fourth-order valence-corrected chi connectivity index (χ4v) is 3.33. The SMILES string of the molecule is CC(C)(C)OC(=O)CC1CNCCN1c1ccccc1-c1cccnc1. The Kier molecular flexibility index (Phi) is 5.57. The molecule has 3 rings (SSSR count). The molecule has 0 amide bonds. The summed E-state index contributed by atoms with van der Waals surface area (Å²) >= 11 is 0. The van der Waals surface area contributed by atoms with Crippen molar-refractivity contribution in [3.8, 4) is 11.1 Å². The van der Waals surface area contributed by atoms with E-state index >= 15 is 0 Å². The summed E-state index contributed by atoms with van der Waals surface area (Å²) in [5, 5.41) is 3.40. The van der Waals surface area contributed by atoms with Gasteiger partial charge in [0.05, 0.1) is 12.5 Å². The van der Waals surface area contributed by atoms with E-state index in [0.29, 0.717) is 6.42 Å². The van der Waals surface area contributed by atoms with E-state index in [2.05, 4.69) is 33.4 Å². The Labute approximate surface area is 155 Å². The highest BCUT2D eigenvalue weighted by Gasteiger charge is 2.28. The van der Waals surface area contributed by atoms with Crippen LogP contribution in [-0.2, 0) is 9.53 Å². The summed E-state index contributed by atoms with van der Waals surface area (Å²) in [5.41, 5.74) is 2.89. The molecule has 5 heteroatoms. The first kappa shape index (κ1) is 18.4. The van der Waals surface area contributed by atoms with Gasteiger partial charge in [-0.3, -0.25) is 9.78 Å². The lowest BCUT2D eigenvalue weighted by molar-refractivity contribution is -0.155. The van der Waals surface area contributed by atoms with Crippen LogP contribution in [0.2, 0.25) is 0 Å². The van der Waals surface area contributed by atoms with Gasteiger partial charge in [0.2, 0.25) is 0 Å². The quantitative estimate of drug-likeness (QED) is 0.855. The van der Waals surface area contributed by atoms with E-state index in [1.54, 1.807) is 6.20 Å². The number of esters is 1. The van der Waals surface area contributed by atoms with Crippen LogP contribution >= 0.6 is 0 Å². The molecule has 0 bridgehead atoms.